The van der Waals surface area contributed by atoms with Crippen LogP contribution in [0, 0.1) is 6.92 Å². The molecule has 2 aromatic rings. The lowest BCUT2D eigenvalue weighted by Crippen LogP contribution is -2.25. The Morgan fingerprint density at radius 2 is 2.10 bits per heavy atom. The number of rotatable bonds is 4. The third-order valence-electron chi connectivity index (χ3n) is 3.14. The monoisotopic (exact) mass is 334 g/mol. The average molecular weight is 335 g/mol. The Morgan fingerprint density at radius 1 is 1.35 bits per heavy atom. The highest BCUT2D eigenvalue weighted by molar-refractivity contribution is 9.10. The molecule has 1 aromatic heterocycles. The van der Waals surface area contributed by atoms with Gasteiger partial charge >= 0.3 is 0 Å². The fourth-order valence-corrected chi connectivity index (χ4v) is 2.59. The van der Waals surface area contributed by atoms with E-state index >= 15 is 0 Å². The van der Waals surface area contributed by atoms with Crippen LogP contribution in [0.4, 0.5) is 0 Å². The third-order valence-corrected chi connectivity index (χ3v) is 3.57. The Hall–Kier alpha value is -1.55. The molecule has 0 radical (unpaired) electrons. The lowest BCUT2D eigenvalue weighted by molar-refractivity contribution is 0.0940. The maximum absolute atomic E-state index is 12.3. The first-order valence-corrected chi connectivity index (χ1v) is 7.48. The normalized spacial score (nSPS) is 10.8. The van der Waals surface area contributed by atoms with E-state index in [-0.39, 0.29) is 11.9 Å². The summed E-state index contributed by atoms with van der Waals surface area (Å²) in [5, 5.41) is 2.97. The van der Waals surface area contributed by atoms with Crippen LogP contribution in [-0.4, -0.2) is 10.5 Å². The molecule has 1 heterocycles. The van der Waals surface area contributed by atoms with Gasteiger partial charge in [0.2, 0.25) is 0 Å². The lowest BCUT2D eigenvalue weighted by atomic mass is 10.1. The molecule has 0 aliphatic rings. The number of nitrogens with zero attached hydrogens (tertiary/aromatic N) is 1. The van der Waals surface area contributed by atoms with Crippen LogP contribution in [0.5, 0.6) is 0 Å². The van der Waals surface area contributed by atoms with E-state index in [0.29, 0.717) is 12.2 Å². The summed E-state index contributed by atoms with van der Waals surface area (Å²) in [6, 6.07) is 10.3. The van der Waals surface area contributed by atoms with E-state index in [9.17, 15) is 4.79 Å². The number of benzene rings is 1. The molecular weight excluding hydrogens is 316 g/mol. The zero-order valence-corrected chi connectivity index (χ0v) is 13.6. The molecule has 0 bridgehead atoms. The first kappa shape index (κ1) is 14.9. The van der Waals surface area contributed by atoms with Gasteiger partial charge in [0.1, 0.15) is 5.69 Å². The van der Waals surface area contributed by atoms with E-state index in [1.54, 1.807) is 0 Å². The summed E-state index contributed by atoms with van der Waals surface area (Å²) in [5.74, 6) is -0.0501. The predicted molar refractivity (Wildman–Crippen MR) is 84.9 cm³/mol. The molecule has 3 nitrogen and oxygen atoms in total. The van der Waals surface area contributed by atoms with Crippen molar-refractivity contribution in [2.45, 2.75) is 33.4 Å². The van der Waals surface area contributed by atoms with Crippen LogP contribution in [-0.2, 0) is 6.54 Å². The lowest BCUT2D eigenvalue weighted by Gasteiger charge is -2.12. The number of hydrogen-bond donors (Lipinski definition) is 1. The van der Waals surface area contributed by atoms with Gasteiger partial charge in [-0.3, -0.25) is 4.79 Å². The summed E-state index contributed by atoms with van der Waals surface area (Å²) in [6.45, 7) is 6.71. The smallest absolute Gasteiger partial charge is 0.268 e. The number of aromatic nitrogens is 1. The van der Waals surface area contributed by atoms with Crippen LogP contribution in [0.1, 0.15) is 41.5 Å². The highest BCUT2D eigenvalue weighted by atomic mass is 79.9. The first-order chi connectivity index (χ1) is 9.47. The summed E-state index contributed by atoms with van der Waals surface area (Å²) in [4.78, 5) is 12.3. The quantitative estimate of drug-likeness (QED) is 0.898. The number of amides is 1. The van der Waals surface area contributed by atoms with Crippen molar-refractivity contribution in [1.82, 2.24) is 9.88 Å². The van der Waals surface area contributed by atoms with Crippen LogP contribution in [0.2, 0.25) is 0 Å². The zero-order valence-electron chi connectivity index (χ0n) is 12.0. The van der Waals surface area contributed by atoms with Gasteiger partial charge in [-0.15, -0.1) is 0 Å². The van der Waals surface area contributed by atoms with E-state index in [4.69, 9.17) is 0 Å². The Balaban J connectivity index is 2.09. The van der Waals surface area contributed by atoms with Gasteiger partial charge in [0.05, 0.1) is 0 Å². The minimum atomic E-state index is -0.0501. The number of aryl methyl sites for hydroxylation is 1. The minimum Gasteiger partial charge on any atom is -0.347 e. The van der Waals surface area contributed by atoms with E-state index in [1.165, 1.54) is 5.56 Å². The SMILES string of the molecule is Cc1cccc(CNC(=O)c2cc(Br)cn2C(C)C)c1. The van der Waals surface area contributed by atoms with Crippen molar-refractivity contribution in [1.29, 1.82) is 0 Å². The largest absolute Gasteiger partial charge is 0.347 e. The molecule has 2 rings (SSSR count). The summed E-state index contributed by atoms with van der Waals surface area (Å²) < 4.78 is 2.89. The second kappa shape index (κ2) is 6.27. The maximum Gasteiger partial charge on any atom is 0.268 e. The van der Waals surface area contributed by atoms with E-state index in [1.807, 2.05) is 42.0 Å². The van der Waals surface area contributed by atoms with E-state index in [2.05, 4.69) is 41.2 Å². The van der Waals surface area contributed by atoms with Crippen LogP contribution >= 0.6 is 15.9 Å². The van der Waals surface area contributed by atoms with Crippen LogP contribution in [0.3, 0.4) is 0 Å². The second-order valence-corrected chi connectivity index (χ2v) is 6.13. The molecule has 4 heteroatoms. The molecule has 0 fully saturated rings. The number of hydrogen-bond acceptors (Lipinski definition) is 1. The topological polar surface area (TPSA) is 34.0 Å². The molecule has 1 aromatic carbocycles. The Bertz CT molecular complexity index is 617. The van der Waals surface area contributed by atoms with Gasteiger partial charge in [-0.2, -0.15) is 0 Å². The van der Waals surface area contributed by atoms with Crippen molar-refractivity contribution in [3.05, 3.63) is 57.8 Å². The van der Waals surface area contributed by atoms with Crippen LogP contribution in [0.15, 0.2) is 41.0 Å². The Morgan fingerprint density at radius 3 is 2.75 bits per heavy atom. The number of carbonyl (C=O) groups is 1. The molecular formula is C16H19BrN2O. The highest BCUT2D eigenvalue weighted by Gasteiger charge is 2.14. The molecule has 0 unspecified atom stereocenters. The summed E-state index contributed by atoms with van der Waals surface area (Å²) >= 11 is 3.42. The van der Waals surface area contributed by atoms with Crippen LogP contribution in [0.25, 0.3) is 0 Å². The molecule has 0 saturated heterocycles. The van der Waals surface area contributed by atoms with Gasteiger partial charge in [0, 0.05) is 23.3 Å². The minimum absolute atomic E-state index is 0.0501. The van der Waals surface area contributed by atoms with Crippen molar-refractivity contribution >= 4 is 21.8 Å². The van der Waals surface area contributed by atoms with Gasteiger partial charge in [-0.05, 0) is 48.3 Å². The average Bonchev–Trinajstić information content (AvgIpc) is 2.78. The van der Waals surface area contributed by atoms with E-state index < -0.39 is 0 Å². The second-order valence-electron chi connectivity index (χ2n) is 5.22. The Kier molecular flexibility index (Phi) is 4.65. The van der Waals surface area contributed by atoms with Crippen molar-refractivity contribution in [3.8, 4) is 0 Å². The molecule has 0 atom stereocenters. The molecule has 1 amide bonds. The van der Waals surface area contributed by atoms with Gasteiger partial charge in [0.25, 0.3) is 5.91 Å². The van der Waals surface area contributed by atoms with Crippen LogP contribution < -0.4 is 5.32 Å². The van der Waals surface area contributed by atoms with Crippen molar-refractivity contribution in [2.24, 2.45) is 0 Å². The molecule has 0 spiro atoms. The molecule has 20 heavy (non-hydrogen) atoms. The first-order valence-electron chi connectivity index (χ1n) is 6.68. The van der Waals surface area contributed by atoms with Gasteiger partial charge in [0.15, 0.2) is 0 Å². The molecule has 1 N–H and O–H groups in total. The number of nitrogens with one attached hydrogen (secondary N) is 1. The molecule has 0 saturated carbocycles. The summed E-state index contributed by atoms with van der Waals surface area (Å²) in [7, 11) is 0. The fourth-order valence-electron chi connectivity index (χ4n) is 2.15. The zero-order chi connectivity index (χ0) is 14.7. The summed E-state index contributed by atoms with van der Waals surface area (Å²) in [5.41, 5.74) is 2.99. The van der Waals surface area contributed by atoms with Gasteiger partial charge in [-0.1, -0.05) is 29.8 Å². The van der Waals surface area contributed by atoms with Crippen molar-refractivity contribution < 1.29 is 4.79 Å². The predicted octanol–water partition coefficient (Wildman–Crippen LogP) is 4.07. The molecule has 0 aliphatic heterocycles. The molecule has 106 valence electrons. The third kappa shape index (κ3) is 3.51. The standard InChI is InChI=1S/C16H19BrN2O/c1-11(2)19-10-14(17)8-15(19)16(20)18-9-13-6-4-5-12(3)7-13/h4-8,10-11H,9H2,1-3H3,(H,18,20). The fraction of sp³-hybridized carbons (Fsp3) is 0.312. The van der Waals surface area contributed by atoms with E-state index in [0.717, 1.165) is 10.0 Å². The van der Waals surface area contributed by atoms with Gasteiger partial charge in [-0.25, -0.2) is 0 Å². The van der Waals surface area contributed by atoms with Crippen molar-refractivity contribution in [2.75, 3.05) is 0 Å². The Labute approximate surface area is 128 Å². The highest BCUT2D eigenvalue weighted by Crippen LogP contribution is 2.19. The van der Waals surface area contributed by atoms with Crippen molar-refractivity contribution in [3.63, 3.8) is 0 Å². The summed E-state index contributed by atoms with van der Waals surface area (Å²) in [6.07, 6.45) is 1.94. The maximum atomic E-state index is 12.3. The molecule has 0 aliphatic carbocycles. The number of carbonyl (C=O) groups excluding carboxylic acids is 1. The van der Waals surface area contributed by atoms with Gasteiger partial charge < -0.3 is 9.88 Å². The number of halogens is 1.